The van der Waals surface area contributed by atoms with Crippen molar-refractivity contribution in [3.05, 3.63) is 0 Å². The Labute approximate surface area is 76.5 Å². The molecule has 12 heavy (non-hydrogen) atoms. The Morgan fingerprint density at radius 2 is 2.00 bits per heavy atom. The molecule has 0 aliphatic carbocycles. The summed E-state index contributed by atoms with van der Waals surface area (Å²) >= 11 is 0. The highest BCUT2D eigenvalue weighted by Gasteiger charge is 2.38. The molecule has 0 amide bonds. The number of carboxylic acid groups (broad SMARTS) is 1. The van der Waals surface area contributed by atoms with Gasteiger partial charge in [-0.2, -0.15) is 10.2 Å². The van der Waals surface area contributed by atoms with Gasteiger partial charge in [-0.25, -0.2) is 0 Å². The van der Waals surface area contributed by atoms with Gasteiger partial charge in [0, 0.05) is 19.3 Å². The van der Waals surface area contributed by atoms with Crippen molar-refractivity contribution in [1.29, 1.82) is 0 Å². The zero-order valence-corrected chi connectivity index (χ0v) is 7.38. The number of hydrogen-bond acceptors (Lipinski definition) is 4. The lowest BCUT2D eigenvalue weighted by Gasteiger charge is -2.05. The topological polar surface area (TPSA) is 88.0 Å². The highest BCUT2D eigenvalue weighted by atomic mass is 35.5. The van der Waals surface area contributed by atoms with Crippen LogP contribution in [0.4, 0.5) is 0 Å². The van der Waals surface area contributed by atoms with Crippen molar-refractivity contribution >= 4 is 18.4 Å². The van der Waals surface area contributed by atoms with Gasteiger partial charge in [0.2, 0.25) is 0 Å². The van der Waals surface area contributed by atoms with Crippen LogP contribution < -0.4 is 5.73 Å². The van der Waals surface area contributed by atoms with Crippen LogP contribution in [-0.2, 0) is 4.79 Å². The summed E-state index contributed by atoms with van der Waals surface area (Å²) < 4.78 is 0. The lowest BCUT2D eigenvalue weighted by Crippen LogP contribution is -2.18. The molecule has 3 N–H and O–H groups in total. The second-order valence-electron chi connectivity index (χ2n) is 2.61. The van der Waals surface area contributed by atoms with Gasteiger partial charge in [-0.05, 0) is 6.54 Å². The molecule has 0 radical (unpaired) electrons. The first-order valence-corrected chi connectivity index (χ1v) is 3.54. The van der Waals surface area contributed by atoms with E-state index in [1.165, 1.54) is 0 Å². The molecule has 1 aliphatic heterocycles. The van der Waals surface area contributed by atoms with Gasteiger partial charge in [-0.15, -0.1) is 12.4 Å². The van der Waals surface area contributed by atoms with Crippen LogP contribution >= 0.6 is 12.4 Å². The summed E-state index contributed by atoms with van der Waals surface area (Å²) in [5.74, 6) is -0.807. The van der Waals surface area contributed by atoms with Crippen LogP contribution in [0.3, 0.4) is 0 Å². The summed E-state index contributed by atoms with van der Waals surface area (Å²) in [4.78, 5) is 10.2. The lowest BCUT2D eigenvalue weighted by atomic mass is 10.0. The molecule has 0 aromatic rings. The molecular formula is C6H12ClN3O2. The van der Waals surface area contributed by atoms with Crippen LogP contribution in [0.25, 0.3) is 0 Å². The summed E-state index contributed by atoms with van der Waals surface area (Å²) in [6.07, 6.45) is 1.27. The first kappa shape index (κ1) is 11.3. The Kier molecular flexibility index (Phi) is 4.12. The fraction of sp³-hybridized carbons (Fsp3) is 0.833. The van der Waals surface area contributed by atoms with Gasteiger partial charge < -0.3 is 10.8 Å². The van der Waals surface area contributed by atoms with Crippen molar-refractivity contribution < 1.29 is 9.90 Å². The van der Waals surface area contributed by atoms with E-state index in [0.717, 1.165) is 0 Å². The molecular weight excluding hydrogens is 182 g/mol. The predicted octanol–water partition coefficient (Wildman–Crippen LogP) is 0.784. The average molecular weight is 194 g/mol. The summed E-state index contributed by atoms with van der Waals surface area (Å²) in [6, 6.07) is 0. The fourth-order valence-electron chi connectivity index (χ4n) is 0.934. The van der Waals surface area contributed by atoms with Crippen LogP contribution in [0.15, 0.2) is 10.2 Å². The van der Waals surface area contributed by atoms with E-state index in [1.54, 1.807) is 0 Å². The van der Waals surface area contributed by atoms with Crippen LogP contribution in [0.5, 0.6) is 0 Å². The molecule has 0 aromatic carbocycles. The number of carboxylic acids is 1. The number of rotatable bonds is 5. The van der Waals surface area contributed by atoms with E-state index in [4.69, 9.17) is 10.8 Å². The monoisotopic (exact) mass is 193 g/mol. The smallest absolute Gasteiger partial charge is 0.303 e. The number of carbonyl (C=O) groups is 1. The van der Waals surface area contributed by atoms with Crippen molar-refractivity contribution in [3.63, 3.8) is 0 Å². The normalized spacial score (nSPS) is 16.8. The molecule has 0 aromatic heterocycles. The predicted molar refractivity (Wildman–Crippen MR) is 45.4 cm³/mol. The molecule has 0 spiro atoms. The molecule has 0 saturated carbocycles. The lowest BCUT2D eigenvalue weighted by molar-refractivity contribution is -0.137. The standard InChI is InChI=1S/C6H11N3O2.ClH/c7-4-3-6(8-9-6)2-1-5(10)11;/h1-4,7H2,(H,10,11);1H. The maximum Gasteiger partial charge on any atom is 0.303 e. The SMILES string of the molecule is Cl.NCCC1(CCC(=O)O)N=N1. The molecule has 0 saturated heterocycles. The molecule has 0 atom stereocenters. The van der Waals surface area contributed by atoms with Crippen LogP contribution in [0.2, 0.25) is 0 Å². The van der Waals surface area contributed by atoms with Gasteiger partial charge >= 0.3 is 5.97 Å². The zero-order chi connectivity index (χ0) is 8.32. The molecule has 70 valence electrons. The highest BCUT2D eigenvalue weighted by molar-refractivity contribution is 5.85. The van der Waals surface area contributed by atoms with Crippen LogP contribution in [0, 0.1) is 0 Å². The maximum absolute atomic E-state index is 10.2. The molecule has 6 heteroatoms. The summed E-state index contributed by atoms with van der Waals surface area (Å²) in [6.45, 7) is 0.507. The minimum absolute atomic E-state index is 0. The van der Waals surface area contributed by atoms with E-state index >= 15 is 0 Å². The quantitative estimate of drug-likeness (QED) is 0.677. The first-order chi connectivity index (χ1) is 5.18. The van der Waals surface area contributed by atoms with Crippen LogP contribution in [-0.4, -0.2) is 23.3 Å². The van der Waals surface area contributed by atoms with Crippen molar-refractivity contribution in [1.82, 2.24) is 0 Å². The average Bonchev–Trinajstić information content (AvgIpc) is 2.67. The molecule has 5 nitrogen and oxygen atoms in total. The van der Waals surface area contributed by atoms with Gasteiger partial charge in [-0.1, -0.05) is 0 Å². The maximum atomic E-state index is 10.2. The Bertz CT molecular complexity index is 189. The Hall–Kier alpha value is -0.680. The Morgan fingerprint density at radius 3 is 2.33 bits per heavy atom. The number of nitrogens with two attached hydrogens (primary N) is 1. The van der Waals surface area contributed by atoms with E-state index in [1.807, 2.05) is 0 Å². The van der Waals surface area contributed by atoms with E-state index in [2.05, 4.69) is 10.2 Å². The number of nitrogens with zero attached hydrogens (tertiary/aromatic N) is 2. The zero-order valence-electron chi connectivity index (χ0n) is 6.56. The number of halogens is 1. The first-order valence-electron chi connectivity index (χ1n) is 3.54. The van der Waals surface area contributed by atoms with Crippen molar-refractivity contribution in [2.45, 2.75) is 24.9 Å². The van der Waals surface area contributed by atoms with E-state index < -0.39 is 11.6 Å². The summed E-state index contributed by atoms with van der Waals surface area (Å²) in [7, 11) is 0. The molecule has 0 bridgehead atoms. The summed E-state index contributed by atoms with van der Waals surface area (Å²) in [5.41, 5.74) is 4.87. The number of aliphatic carboxylic acids is 1. The van der Waals surface area contributed by atoms with Gasteiger partial charge in [0.05, 0.1) is 0 Å². The third-order valence-electron chi connectivity index (χ3n) is 1.67. The number of hydrogen-bond donors (Lipinski definition) is 2. The van der Waals surface area contributed by atoms with E-state index in [-0.39, 0.29) is 18.8 Å². The third kappa shape index (κ3) is 3.15. The largest absolute Gasteiger partial charge is 0.481 e. The Morgan fingerprint density at radius 1 is 1.42 bits per heavy atom. The van der Waals surface area contributed by atoms with E-state index in [9.17, 15) is 4.79 Å². The fourth-order valence-corrected chi connectivity index (χ4v) is 0.934. The second-order valence-corrected chi connectivity index (χ2v) is 2.61. The third-order valence-corrected chi connectivity index (χ3v) is 1.67. The second kappa shape index (κ2) is 4.37. The highest BCUT2D eigenvalue weighted by Crippen LogP contribution is 2.35. The molecule has 1 heterocycles. The minimum Gasteiger partial charge on any atom is -0.481 e. The van der Waals surface area contributed by atoms with Gasteiger partial charge in [-0.3, -0.25) is 4.79 Å². The Balaban J connectivity index is 0.00000121. The van der Waals surface area contributed by atoms with Gasteiger partial charge in [0.1, 0.15) is 0 Å². The van der Waals surface area contributed by atoms with Crippen molar-refractivity contribution in [3.8, 4) is 0 Å². The molecule has 1 aliphatic rings. The van der Waals surface area contributed by atoms with Crippen molar-refractivity contribution in [2.75, 3.05) is 6.54 Å². The minimum atomic E-state index is -0.807. The van der Waals surface area contributed by atoms with E-state index in [0.29, 0.717) is 19.4 Å². The molecule has 0 fully saturated rings. The van der Waals surface area contributed by atoms with Gasteiger partial charge in [0.15, 0.2) is 5.66 Å². The summed E-state index contributed by atoms with van der Waals surface area (Å²) in [5, 5.41) is 15.9. The van der Waals surface area contributed by atoms with Crippen LogP contribution in [0.1, 0.15) is 19.3 Å². The molecule has 0 unspecified atom stereocenters. The van der Waals surface area contributed by atoms with Crippen molar-refractivity contribution in [2.24, 2.45) is 16.0 Å². The van der Waals surface area contributed by atoms with Gasteiger partial charge in [0.25, 0.3) is 0 Å². The molecule has 1 rings (SSSR count).